The van der Waals surface area contributed by atoms with E-state index in [9.17, 15) is 18.7 Å². The zero-order valence-electron chi connectivity index (χ0n) is 11.8. The van der Waals surface area contributed by atoms with Gasteiger partial charge in [0.05, 0.1) is 11.1 Å². The van der Waals surface area contributed by atoms with Gasteiger partial charge in [-0.05, 0) is 35.9 Å². The highest BCUT2D eigenvalue weighted by atomic mass is 19.1. The predicted molar refractivity (Wildman–Crippen MR) is 79.4 cm³/mol. The van der Waals surface area contributed by atoms with E-state index in [0.717, 1.165) is 6.07 Å². The number of halogens is 2. The summed E-state index contributed by atoms with van der Waals surface area (Å²) in [5.41, 5.74) is 0.938. The van der Waals surface area contributed by atoms with Crippen molar-refractivity contribution in [2.45, 2.75) is 6.61 Å². The maximum atomic E-state index is 13.3. The Morgan fingerprint density at radius 2 is 1.74 bits per heavy atom. The van der Waals surface area contributed by atoms with Crippen LogP contribution in [0.2, 0.25) is 0 Å². The molecule has 0 saturated heterocycles. The molecule has 1 N–H and O–H groups in total. The van der Waals surface area contributed by atoms with Crippen LogP contribution in [0.1, 0.15) is 15.9 Å². The van der Waals surface area contributed by atoms with Gasteiger partial charge in [0.1, 0.15) is 18.2 Å². The maximum absolute atomic E-state index is 13.3. The summed E-state index contributed by atoms with van der Waals surface area (Å²) in [4.78, 5) is 15.5. The Bertz CT molecular complexity index is 879. The van der Waals surface area contributed by atoms with Crippen LogP contribution >= 0.6 is 0 Å². The Balaban J connectivity index is 1.93. The van der Waals surface area contributed by atoms with Gasteiger partial charge in [-0.15, -0.1) is 0 Å². The molecule has 3 aromatic rings. The Morgan fingerprint density at radius 1 is 1.04 bits per heavy atom. The molecule has 0 amide bonds. The van der Waals surface area contributed by atoms with Gasteiger partial charge in [-0.2, -0.15) is 0 Å². The van der Waals surface area contributed by atoms with Crippen molar-refractivity contribution in [1.29, 1.82) is 0 Å². The van der Waals surface area contributed by atoms with E-state index in [1.807, 2.05) is 0 Å². The largest absolute Gasteiger partial charge is 0.478 e. The average molecular weight is 315 g/mol. The molecule has 4 nitrogen and oxygen atoms in total. The summed E-state index contributed by atoms with van der Waals surface area (Å²) < 4.78 is 31.6. The molecule has 0 saturated carbocycles. The molecular weight excluding hydrogens is 304 g/mol. The van der Waals surface area contributed by atoms with Gasteiger partial charge in [0, 0.05) is 11.5 Å². The molecule has 2 aromatic carbocycles. The first kappa shape index (κ1) is 14.9. The fraction of sp³-hybridized carbons (Fsp3) is 0.0588. The van der Waals surface area contributed by atoms with E-state index in [-0.39, 0.29) is 29.3 Å². The monoisotopic (exact) mass is 315 g/mol. The summed E-state index contributed by atoms with van der Waals surface area (Å²) in [5.74, 6) is -1.99. The molecule has 116 valence electrons. The van der Waals surface area contributed by atoms with Crippen molar-refractivity contribution < 1.29 is 23.4 Å². The molecule has 0 aliphatic carbocycles. The number of aromatic nitrogens is 1. The standard InChI is InChI=1S/C17H11F2NO3/c18-11-3-1-10(2-4-11)9-23-16-8-14(17(21)22)13-7-12(19)5-6-15(13)20-16/h1-8H,9H2,(H,21,22). The second-order valence-electron chi connectivity index (χ2n) is 4.89. The maximum Gasteiger partial charge on any atom is 0.336 e. The minimum atomic E-state index is -1.20. The summed E-state index contributed by atoms with van der Waals surface area (Å²) in [5, 5.41) is 9.47. The summed E-state index contributed by atoms with van der Waals surface area (Å²) in [6.45, 7) is 0.110. The Labute approximate surface area is 130 Å². The second-order valence-corrected chi connectivity index (χ2v) is 4.89. The van der Waals surface area contributed by atoms with Crippen LogP contribution in [0.3, 0.4) is 0 Å². The number of hydrogen-bond acceptors (Lipinski definition) is 3. The minimum absolute atomic E-state index is 0.0939. The van der Waals surface area contributed by atoms with Crippen molar-refractivity contribution in [3.8, 4) is 5.88 Å². The number of hydrogen-bond donors (Lipinski definition) is 1. The molecule has 3 rings (SSSR count). The molecular formula is C17H11F2NO3. The Hall–Kier alpha value is -3.02. The highest BCUT2D eigenvalue weighted by Crippen LogP contribution is 2.23. The third kappa shape index (κ3) is 3.26. The first-order valence-corrected chi connectivity index (χ1v) is 6.74. The van der Waals surface area contributed by atoms with Crippen molar-refractivity contribution in [2.24, 2.45) is 0 Å². The number of rotatable bonds is 4. The first-order chi connectivity index (χ1) is 11.0. The number of carboxylic acids is 1. The fourth-order valence-electron chi connectivity index (χ4n) is 2.16. The molecule has 0 spiro atoms. The smallest absolute Gasteiger partial charge is 0.336 e. The Morgan fingerprint density at radius 3 is 2.43 bits per heavy atom. The van der Waals surface area contributed by atoms with E-state index in [4.69, 9.17) is 4.74 Å². The van der Waals surface area contributed by atoms with E-state index in [0.29, 0.717) is 11.1 Å². The van der Waals surface area contributed by atoms with E-state index in [1.165, 1.54) is 30.3 Å². The van der Waals surface area contributed by atoms with Crippen LogP contribution in [0, 0.1) is 11.6 Å². The van der Waals surface area contributed by atoms with Crippen LogP contribution in [0.4, 0.5) is 8.78 Å². The van der Waals surface area contributed by atoms with Crippen molar-refractivity contribution in [3.63, 3.8) is 0 Å². The fourth-order valence-corrected chi connectivity index (χ4v) is 2.16. The zero-order valence-corrected chi connectivity index (χ0v) is 11.8. The number of aromatic carboxylic acids is 1. The van der Waals surface area contributed by atoms with Gasteiger partial charge in [-0.1, -0.05) is 12.1 Å². The van der Waals surface area contributed by atoms with E-state index in [1.54, 1.807) is 12.1 Å². The molecule has 0 aliphatic rings. The number of carbonyl (C=O) groups is 1. The molecule has 0 radical (unpaired) electrons. The lowest BCUT2D eigenvalue weighted by Crippen LogP contribution is -2.03. The quantitative estimate of drug-likeness (QED) is 0.796. The summed E-state index contributed by atoms with van der Waals surface area (Å²) in [6, 6.07) is 10.7. The van der Waals surface area contributed by atoms with Gasteiger partial charge in [0.15, 0.2) is 0 Å². The lowest BCUT2D eigenvalue weighted by Gasteiger charge is -2.09. The van der Waals surface area contributed by atoms with Gasteiger partial charge in [0.25, 0.3) is 0 Å². The van der Waals surface area contributed by atoms with Crippen molar-refractivity contribution in [3.05, 3.63) is 71.3 Å². The third-order valence-corrected chi connectivity index (χ3v) is 3.28. The highest BCUT2D eigenvalue weighted by Gasteiger charge is 2.13. The van der Waals surface area contributed by atoms with Crippen LogP contribution in [0.5, 0.6) is 5.88 Å². The van der Waals surface area contributed by atoms with Gasteiger partial charge in [-0.3, -0.25) is 0 Å². The van der Waals surface area contributed by atoms with Crippen molar-refractivity contribution in [2.75, 3.05) is 0 Å². The number of fused-ring (bicyclic) bond motifs is 1. The summed E-state index contributed by atoms with van der Waals surface area (Å²) in [6.07, 6.45) is 0. The van der Waals surface area contributed by atoms with Gasteiger partial charge in [-0.25, -0.2) is 18.6 Å². The second kappa shape index (κ2) is 6.00. The number of ether oxygens (including phenoxy) is 1. The summed E-state index contributed by atoms with van der Waals surface area (Å²) >= 11 is 0. The van der Waals surface area contributed by atoms with Crippen LogP contribution < -0.4 is 4.74 Å². The molecule has 23 heavy (non-hydrogen) atoms. The number of benzene rings is 2. The zero-order chi connectivity index (χ0) is 16.4. The van der Waals surface area contributed by atoms with Crippen molar-refractivity contribution in [1.82, 2.24) is 4.98 Å². The van der Waals surface area contributed by atoms with Crippen LogP contribution in [0.15, 0.2) is 48.5 Å². The normalized spacial score (nSPS) is 10.7. The topological polar surface area (TPSA) is 59.4 Å². The Kier molecular flexibility index (Phi) is 3.89. The van der Waals surface area contributed by atoms with Gasteiger partial charge >= 0.3 is 5.97 Å². The van der Waals surface area contributed by atoms with Crippen LogP contribution in [-0.4, -0.2) is 16.1 Å². The van der Waals surface area contributed by atoms with E-state index >= 15 is 0 Å². The highest BCUT2D eigenvalue weighted by molar-refractivity contribution is 6.02. The van der Waals surface area contributed by atoms with Crippen molar-refractivity contribution >= 4 is 16.9 Å². The van der Waals surface area contributed by atoms with Gasteiger partial charge in [0.2, 0.25) is 5.88 Å². The molecule has 0 atom stereocenters. The van der Waals surface area contributed by atoms with Crippen LogP contribution in [0.25, 0.3) is 10.9 Å². The average Bonchev–Trinajstić information content (AvgIpc) is 2.53. The molecule has 0 aliphatic heterocycles. The minimum Gasteiger partial charge on any atom is -0.478 e. The molecule has 0 bridgehead atoms. The summed E-state index contributed by atoms with van der Waals surface area (Å²) in [7, 11) is 0. The third-order valence-electron chi connectivity index (χ3n) is 3.28. The van der Waals surface area contributed by atoms with E-state index in [2.05, 4.69) is 4.98 Å². The number of nitrogens with zero attached hydrogens (tertiary/aromatic N) is 1. The predicted octanol–water partition coefficient (Wildman–Crippen LogP) is 3.79. The lowest BCUT2D eigenvalue weighted by molar-refractivity contribution is 0.0698. The first-order valence-electron chi connectivity index (χ1n) is 6.74. The van der Waals surface area contributed by atoms with E-state index < -0.39 is 11.8 Å². The van der Waals surface area contributed by atoms with Gasteiger partial charge < -0.3 is 9.84 Å². The number of carboxylic acid groups (broad SMARTS) is 1. The molecule has 0 unspecified atom stereocenters. The SMILES string of the molecule is O=C(O)c1cc(OCc2ccc(F)cc2)nc2ccc(F)cc12. The molecule has 6 heteroatoms. The lowest BCUT2D eigenvalue weighted by atomic mass is 10.1. The molecule has 1 heterocycles. The van der Waals surface area contributed by atoms with Crippen LogP contribution in [-0.2, 0) is 6.61 Å². The molecule has 1 aromatic heterocycles. The number of pyridine rings is 1. The molecule has 0 fully saturated rings.